The van der Waals surface area contributed by atoms with Gasteiger partial charge in [0.15, 0.2) is 0 Å². The van der Waals surface area contributed by atoms with Crippen molar-refractivity contribution in [2.45, 2.75) is 0 Å². The highest BCUT2D eigenvalue weighted by molar-refractivity contribution is 14.1. The summed E-state index contributed by atoms with van der Waals surface area (Å²) in [7, 11) is -1.22. The molecule has 0 aliphatic carbocycles. The largest absolute Gasteiger partial charge is 0.478 e. The van der Waals surface area contributed by atoms with Crippen molar-refractivity contribution in [2.75, 3.05) is 25.0 Å². The third kappa shape index (κ3) is 11.9. The van der Waals surface area contributed by atoms with E-state index in [-0.39, 0.29) is 11.1 Å². The number of benzene rings is 2. The zero-order valence-corrected chi connectivity index (χ0v) is 22.7. The maximum atomic E-state index is 10.9. The molecule has 0 saturated carbocycles. The van der Waals surface area contributed by atoms with Gasteiger partial charge < -0.3 is 10.2 Å². The molecule has 0 aliphatic rings. The molecule has 0 saturated heterocycles. The topological polar surface area (TPSA) is 109 Å². The predicted octanol–water partition coefficient (Wildman–Crippen LogP) is 4.77. The van der Waals surface area contributed by atoms with E-state index in [1.807, 2.05) is 0 Å². The Balaban J connectivity index is 0.000000901. The van der Waals surface area contributed by atoms with E-state index in [4.69, 9.17) is 10.2 Å². The SMILES string of the molecule is CS(C)=O.CS(C)=O.O=C(O)c1ccc(/C(I)=C(\I)c2ccc(C(=O)O)cc2)cc1. The Labute approximate surface area is 208 Å². The summed E-state index contributed by atoms with van der Waals surface area (Å²) in [5.41, 5.74) is 2.32. The molecule has 6 nitrogen and oxygen atoms in total. The van der Waals surface area contributed by atoms with Crippen molar-refractivity contribution in [2.24, 2.45) is 0 Å². The van der Waals surface area contributed by atoms with Crippen LogP contribution in [0.4, 0.5) is 0 Å². The van der Waals surface area contributed by atoms with Crippen LogP contribution in [0.15, 0.2) is 48.5 Å². The van der Waals surface area contributed by atoms with Crippen LogP contribution in [0.2, 0.25) is 0 Å². The van der Waals surface area contributed by atoms with Crippen LogP contribution in [0, 0.1) is 0 Å². The monoisotopic (exact) mass is 676 g/mol. The summed E-state index contributed by atoms with van der Waals surface area (Å²) in [5.74, 6) is -1.91. The molecule has 164 valence electrons. The molecule has 10 heteroatoms. The van der Waals surface area contributed by atoms with Gasteiger partial charge in [0, 0.05) is 53.8 Å². The Morgan fingerprint density at radius 1 is 0.600 bits per heavy atom. The predicted molar refractivity (Wildman–Crippen MR) is 142 cm³/mol. The highest BCUT2D eigenvalue weighted by atomic mass is 127. The Bertz CT molecular complexity index is 853. The molecule has 0 radical (unpaired) electrons. The lowest BCUT2D eigenvalue weighted by atomic mass is 10.1. The van der Waals surface area contributed by atoms with Gasteiger partial charge in [-0.3, -0.25) is 8.42 Å². The number of carbonyl (C=O) groups is 2. The first kappa shape index (κ1) is 28.9. The smallest absolute Gasteiger partial charge is 0.335 e. The summed E-state index contributed by atoms with van der Waals surface area (Å²) in [6, 6.07) is 13.3. The minimum Gasteiger partial charge on any atom is -0.478 e. The molecule has 2 N–H and O–H groups in total. The molecular formula is C20H22I2O6S2. The summed E-state index contributed by atoms with van der Waals surface area (Å²) in [5, 5.41) is 17.8. The average molecular weight is 676 g/mol. The van der Waals surface area contributed by atoms with Crippen LogP contribution in [0.1, 0.15) is 31.8 Å². The molecule has 0 fully saturated rings. The second-order valence-electron chi connectivity index (χ2n) is 5.88. The Morgan fingerprint density at radius 3 is 0.933 bits per heavy atom. The van der Waals surface area contributed by atoms with Crippen molar-refractivity contribution in [3.05, 3.63) is 70.8 Å². The number of carboxylic acid groups (broad SMARTS) is 2. The van der Waals surface area contributed by atoms with E-state index in [1.54, 1.807) is 73.6 Å². The summed E-state index contributed by atoms with van der Waals surface area (Å²) < 4.78 is 21.1. The van der Waals surface area contributed by atoms with E-state index >= 15 is 0 Å². The molecule has 0 amide bonds. The Morgan fingerprint density at radius 2 is 0.767 bits per heavy atom. The van der Waals surface area contributed by atoms with Crippen molar-refractivity contribution < 1.29 is 28.2 Å². The summed E-state index contributed by atoms with van der Waals surface area (Å²) in [4.78, 5) is 21.7. The first-order valence-electron chi connectivity index (χ1n) is 8.09. The zero-order chi connectivity index (χ0) is 23.4. The fourth-order valence-corrected chi connectivity index (χ4v) is 3.11. The normalized spacial score (nSPS) is 10.9. The quantitative estimate of drug-likeness (QED) is 0.357. The van der Waals surface area contributed by atoms with Crippen LogP contribution in [0.5, 0.6) is 0 Å². The summed E-state index contributed by atoms with van der Waals surface area (Å²) >= 11 is 4.39. The third-order valence-corrected chi connectivity index (χ3v) is 6.32. The standard InChI is InChI=1S/C16H10I2O4.2C2H6OS/c17-13(9-1-5-11(6-2-9)15(19)20)14(18)10-3-7-12(8-4-10)16(21)22;2*1-4(2)3/h1-8H,(H,19,20)(H,21,22);2*1-2H3/b14-13+;;. The molecule has 0 aliphatic heterocycles. The van der Waals surface area contributed by atoms with E-state index in [2.05, 4.69) is 45.2 Å². The van der Waals surface area contributed by atoms with Gasteiger partial charge in [0.2, 0.25) is 0 Å². The van der Waals surface area contributed by atoms with Gasteiger partial charge in [0.1, 0.15) is 0 Å². The van der Waals surface area contributed by atoms with E-state index in [9.17, 15) is 18.0 Å². The lowest BCUT2D eigenvalue weighted by Crippen LogP contribution is -1.96. The summed E-state index contributed by atoms with van der Waals surface area (Å²) in [6.45, 7) is 0. The average Bonchev–Trinajstić information content (AvgIpc) is 2.66. The molecule has 2 rings (SSSR count). The number of hydrogen-bond acceptors (Lipinski definition) is 4. The molecule has 0 bridgehead atoms. The molecule has 0 heterocycles. The highest BCUT2D eigenvalue weighted by Gasteiger charge is 2.09. The van der Waals surface area contributed by atoms with Gasteiger partial charge in [0.05, 0.1) is 11.1 Å². The number of carboxylic acids is 2. The molecule has 0 unspecified atom stereocenters. The summed E-state index contributed by atoms with van der Waals surface area (Å²) in [6.07, 6.45) is 6.56. The second kappa shape index (κ2) is 14.8. The van der Waals surface area contributed by atoms with Crippen molar-refractivity contribution >= 4 is 85.9 Å². The number of aromatic carboxylic acids is 2. The van der Waals surface area contributed by atoms with Gasteiger partial charge in [-0.15, -0.1) is 0 Å². The molecule has 2 aromatic rings. The first-order chi connectivity index (χ1) is 13.9. The van der Waals surface area contributed by atoms with Gasteiger partial charge in [0.25, 0.3) is 0 Å². The van der Waals surface area contributed by atoms with Crippen LogP contribution < -0.4 is 0 Å². The van der Waals surface area contributed by atoms with E-state index in [0.29, 0.717) is 0 Å². The first-order valence-corrected chi connectivity index (χ1v) is 14.2. The number of rotatable bonds is 4. The van der Waals surface area contributed by atoms with Crippen LogP contribution in [-0.4, -0.2) is 55.6 Å². The lowest BCUT2D eigenvalue weighted by Gasteiger charge is -2.07. The van der Waals surface area contributed by atoms with Gasteiger partial charge in [-0.1, -0.05) is 24.3 Å². The van der Waals surface area contributed by atoms with E-state index < -0.39 is 33.5 Å². The van der Waals surface area contributed by atoms with Gasteiger partial charge >= 0.3 is 11.9 Å². The molecular weight excluding hydrogens is 654 g/mol. The Kier molecular flexibility index (Phi) is 14.3. The fraction of sp³-hybridized carbons (Fsp3) is 0.200. The van der Waals surface area contributed by atoms with Crippen LogP contribution in [0.3, 0.4) is 0 Å². The van der Waals surface area contributed by atoms with Crippen molar-refractivity contribution in [1.82, 2.24) is 0 Å². The van der Waals surface area contributed by atoms with E-state index in [1.165, 1.54) is 0 Å². The lowest BCUT2D eigenvalue weighted by molar-refractivity contribution is 0.0686. The van der Waals surface area contributed by atoms with Crippen LogP contribution >= 0.6 is 45.2 Å². The second-order valence-corrected chi connectivity index (χ2v) is 11.0. The van der Waals surface area contributed by atoms with Crippen molar-refractivity contribution in [3.63, 3.8) is 0 Å². The zero-order valence-electron chi connectivity index (χ0n) is 16.7. The molecule has 30 heavy (non-hydrogen) atoms. The van der Waals surface area contributed by atoms with Crippen molar-refractivity contribution in [3.8, 4) is 0 Å². The van der Waals surface area contributed by atoms with Gasteiger partial charge in [-0.05, 0) is 80.6 Å². The van der Waals surface area contributed by atoms with E-state index in [0.717, 1.165) is 18.3 Å². The minimum absolute atomic E-state index is 0.244. The minimum atomic E-state index is -0.954. The maximum Gasteiger partial charge on any atom is 0.335 e. The molecule has 2 aromatic carbocycles. The van der Waals surface area contributed by atoms with Crippen LogP contribution in [0.25, 0.3) is 7.16 Å². The van der Waals surface area contributed by atoms with Gasteiger partial charge in [-0.25, -0.2) is 9.59 Å². The van der Waals surface area contributed by atoms with Gasteiger partial charge in [-0.2, -0.15) is 0 Å². The molecule has 0 atom stereocenters. The maximum absolute atomic E-state index is 10.9. The van der Waals surface area contributed by atoms with Crippen molar-refractivity contribution in [1.29, 1.82) is 0 Å². The third-order valence-electron chi connectivity index (χ3n) is 2.96. The molecule has 0 spiro atoms. The molecule has 0 aromatic heterocycles. The highest BCUT2D eigenvalue weighted by Crippen LogP contribution is 2.36. The number of hydrogen-bond donors (Lipinski definition) is 2. The fourth-order valence-electron chi connectivity index (χ4n) is 1.77. The number of halogens is 2. The van der Waals surface area contributed by atoms with Crippen LogP contribution in [-0.2, 0) is 21.6 Å². The Hall–Kier alpha value is -1.12.